The number of Topliss-reactive ketones (excluding diaryl/α,β-unsaturated/α-hetero) is 1. The van der Waals surface area contributed by atoms with Crippen molar-refractivity contribution in [2.45, 2.75) is 18.8 Å². The van der Waals surface area contributed by atoms with Crippen LogP contribution in [0.4, 0.5) is 0 Å². The van der Waals surface area contributed by atoms with Crippen molar-refractivity contribution < 1.29 is 4.79 Å². The molecule has 1 aliphatic carbocycles. The molecule has 1 saturated carbocycles. The minimum atomic E-state index is 0.156. The number of aromatic nitrogens is 1. The lowest BCUT2D eigenvalue weighted by atomic mass is 9.79. The summed E-state index contributed by atoms with van der Waals surface area (Å²) in [4.78, 5) is 15.0. The second-order valence-electron chi connectivity index (χ2n) is 2.84. The molecule has 1 atom stereocenters. The van der Waals surface area contributed by atoms with Gasteiger partial charge in [-0.1, -0.05) is 6.07 Å². The number of carbonyl (C=O) groups excluding carboxylic acids is 1. The van der Waals surface area contributed by atoms with Crippen molar-refractivity contribution in [3.63, 3.8) is 0 Å². The molecule has 0 aliphatic heterocycles. The van der Waals surface area contributed by atoms with E-state index >= 15 is 0 Å². The second kappa shape index (κ2) is 2.46. The Morgan fingerprint density at radius 3 is 2.91 bits per heavy atom. The number of carbonyl (C=O) groups is 1. The predicted molar refractivity (Wildman–Crippen MR) is 41.2 cm³/mol. The Labute approximate surface area is 65.3 Å². The highest BCUT2D eigenvalue weighted by atomic mass is 16.1. The lowest BCUT2D eigenvalue weighted by molar-refractivity contribution is -0.125. The van der Waals surface area contributed by atoms with E-state index in [2.05, 4.69) is 4.98 Å². The maximum atomic E-state index is 11.0. The third kappa shape index (κ3) is 1.04. The third-order valence-corrected chi connectivity index (χ3v) is 2.15. The molecule has 11 heavy (non-hydrogen) atoms. The molecular weight excluding hydrogens is 138 g/mol. The largest absolute Gasteiger partial charge is 0.299 e. The molecule has 0 spiro atoms. The van der Waals surface area contributed by atoms with Crippen LogP contribution in [0.25, 0.3) is 0 Å². The Bertz CT molecular complexity index is 268. The lowest BCUT2D eigenvalue weighted by Crippen LogP contribution is -2.23. The van der Waals surface area contributed by atoms with E-state index in [-0.39, 0.29) is 5.92 Å². The molecule has 1 aromatic heterocycles. The van der Waals surface area contributed by atoms with Crippen LogP contribution in [0.5, 0.6) is 0 Å². The van der Waals surface area contributed by atoms with E-state index < -0.39 is 0 Å². The number of rotatable bonds is 1. The van der Waals surface area contributed by atoms with Gasteiger partial charge < -0.3 is 0 Å². The molecule has 1 aromatic rings. The van der Waals surface area contributed by atoms with Gasteiger partial charge in [-0.2, -0.15) is 0 Å². The maximum Gasteiger partial charge on any atom is 0.140 e. The summed E-state index contributed by atoms with van der Waals surface area (Å²) in [6.45, 7) is 0. The first-order valence-electron chi connectivity index (χ1n) is 3.80. The first kappa shape index (κ1) is 6.53. The average Bonchev–Trinajstić information content (AvgIpc) is 2.04. The summed E-state index contributed by atoms with van der Waals surface area (Å²) in [5.41, 5.74) is 1.07. The fraction of sp³-hybridized carbons (Fsp3) is 0.333. The van der Waals surface area contributed by atoms with Crippen LogP contribution in [-0.4, -0.2) is 10.8 Å². The molecule has 2 heteroatoms. The molecule has 1 fully saturated rings. The second-order valence-corrected chi connectivity index (χ2v) is 2.84. The van der Waals surface area contributed by atoms with Crippen molar-refractivity contribution in [3.05, 3.63) is 30.1 Å². The Hall–Kier alpha value is -1.18. The van der Waals surface area contributed by atoms with Crippen LogP contribution in [0, 0.1) is 0 Å². The first-order chi connectivity index (χ1) is 5.38. The molecule has 0 N–H and O–H groups in total. The average molecular weight is 147 g/mol. The SMILES string of the molecule is O=C1CCC1c1cccnc1. The van der Waals surface area contributed by atoms with Gasteiger partial charge in [-0.25, -0.2) is 0 Å². The summed E-state index contributed by atoms with van der Waals surface area (Å²) >= 11 is 0. The molecule has 0 aromatic carbocycles. The minimum absolute atomic E-state index is 0.156. The summed E-state index contributed by atoms with van der Waals surface area (Å²) in [7, 11) is 0. The van der Waals surface area contributed by atoms with Crippen molar-refractivity contribution in [2.24, 2.45) is 0 Å². The number of hydrogen-bond acceptors (Lipinski definition) is 2. The van der Waals surface area contributed by atoms with Crippen LogP contribution in [0.2, 0.25) is 0 Å². The molecule has 1 heterocycles. The van der Waals surface area contributed by atoms with Gasteiger partial charge in [0.1, 0.15) is 5.78 Å². The van der Waals surface area contributed by atoms with Gasteiger partial charge in [-0.3, -0.25) is 9.78 Å². The van der Waals surface area contributed by atoms with Crippen molar-refractivity contribution in [1.82, 2.24) is 4.98 Å². The topological polar surface area (TPSA) is 30.0 Å². The Morgan fingerprint density at radius 2 is 2.45 bits per heavy atom. The Balaban J connectivity index is 2.23. The van der Waals surface area contributed by atoms with Gasteiger partial charge >= 0.3 is 0 Å². The van der Waals surface area contributed by atoms with Crippen LogP contribution >= 0.6 is 0 Å². The highest BCUT2D eigenvalue weighted by molar-refractivity contribution is 5.91. The summed E-state index contributed by atoms with van der Waals surface area (Å²) in [5.74, 6) is 0.515. The molecule has 2 nitrogen and oxygen atoms in total. The monoisotopic (exact) mass is 147 g/mol. The smallest absolute Gasteiger partial charge is 0.140 e. The number of ketones is 1. The van der Waals surface area contributed by atoms with E-state index in [0.29, 0.717) is 5.78 Å². The zero-order valence-electron chi connectivity index (χ0n) is 6.16. The van der Waals surface area contributed by atoms with Crippen LogP contribution in [0.1, 0.15) is 24.3 Å². The van der Waals surface area contributed by atoms with Crippen LogP contribution in [-0.2, 0) is 4.79 Å². The first-order valence-corrected chi connectivity index (χ1v) is 3.80. The molecule has 1 unspecified atom stereocenters. The predicted octanol–water partition coefficient (Wildman–Crippen LogP) is 1.53. The van der Waals surface area contributed by atoms with Gasteiger partial charge in [-0.05, 0) is 18.1 Å². The number of pyridine rings is 1. The van der Waals surface area contributed by atoms with E-state index in [1.54, 1.807) is 12.4 Å². The van der Waals surface area contributed by atoms with Gasteiger partial charge in [0.15, 0.2) is 0 Å². The minimum Gasteiger partial charge on any atom is -0.299 e. The number of nitrogens with zero attached hydrogens (tertiary/aromatic N) is 1. The lowest BCUT2D eigenvalue weighted by Gasteiger charge is -2.23. The fourth-order valence-corrected chi connectivity index (χ4v) is 1.34. The molecule has 0 saturated heterocycles. The molecule has 0 bridgehead atoms. The van der Waals surface area contributed by atoms with Gasteiger partial charge in [0, 0.05) is 24.7 Å². The molecule has 1 aliphatic rings. The summed E-state index contributed by atoms with van der Waals surface area (Å²) < 4.78 is 0. The van der Waals surface area contributed by atoms with E-state index in [1.165, 1.54) is 0 Å². The van der Waals surface area contributed by atoms with Crippen LogP contribution in [0.3, 0.4) is 0 Å². The standard InChI is InChI=1S/C9H9NO/c11-9-4-3-8(9)7-2-1-5-10-6-7/h1-2,5-6,8H,3-4H2. The normalized spacial score (nSPS) is 22.9. The van der Waals surface area contributed by atoms with Gasteiger partial charge in [0.25, 0.3) is 0 Å². The quantitative estimate of drug-likeness (QED) is 0.603. The Morgan fingerprint density at radius 1 is 1.55 bits per heavy atom. The van der Waals surface area contributed by atoms with E-state index in [9.17, 15) is 4.79 Å². The fourth-order valence-electron chi connectivity index (χ4n) is 1.34. The zero-order valence-corrected chi connectivity index (χ0v) is 6.16. The highest BCUT2D eigenvalue weighted by Gasteiger charge is 2.29. The maximum absolute atomic E-state index is 11.0. The van der Waals surface area contributed by atoms with Crippen molar-refractivity contribution >= 4 is 5.78 Å². The van der Waals surface area contributed by atoms with Gasteiger partial charge in [0.2, 0.25) is 0 Å². The third-order valence-electron chi connectivity index (χ3n) is 2.15. The highest BCUT2D eigenvalue weighted by Crippen LogP contribution is 2.31. The number of hydrogen-bond donors (Lipinski definition) is 0. The molecule has 56 valence electrons. The van der Waals surface area contributed by atoms with Crippen molar-refractivity contribution in [3.8, 4) is 0 Å². The van der Waals surface area contributed by atoms with E-state index in [1.807, 2.05) is 12.1 Å². The van der Waals surface area contributed by atoms with Crippen LogP contribution in [0.15, 0.2) is 24.5 Å². The van der Waals surface area contributed by atoms with E-state index in [4.69, 9.17) is 0 Å². The van der Waals surface area contributed by atoms with Crippen molar-refractivity contribution in [2.75, 3.05) is 0 Å². The van der Waals surface area contributed by atoms with Gasteiger partial charge in [0.05, 0.1) is 0 Å². The van der Waals surface area contributed by atoms with Gasteiger partial charge in [-0.15, -0.1) is 0 Å². The summed E-state index contributed by atoms with van der Waals surface area (Å²) in [6, 6.07) is 3.84. The Kier molecular flexibility index (Phi) is 1.46. The zero-order chi connectivity index (χ0) is 7.68. The summed E-state index contributed by atoms with van der Waals surface area (Å²) in [5, 5.41) is 0. The van der Waals surface area contributed by atoms with E-state index in [0.717, 1.165) is 18.4 Å². The summed E-state index contributed by atoms with van der Waals surface area (Å²) in [6.07, 6.45) is 5.26. The molecular formula is C9H9NO. The van der Waals surface area contributed by atoms with Crippen LogP contribution < -0.4 is 0 Å². The molecule has 0 radical (unpaired) electrons. The van der Waals surface area contributed by atoms with Crippen molar-refractivity contribution in [1.29, 1.82) is 0 Å². The molecule has 0 amide bonds. The molecule has 2 rings (SSSR count).